The summed E-state index contributed by atoms with van der Waals surface area (Å²) in [6.45, 7) is 2.75. The Bertz CT molecular complexity index is 498. The average molecular weight is 272 g/mol. The average Bonchev–Trinajstić information content (AvgIpc) is 2.28. The van der Waals surface area contributed by atoms with E-state index in [4.69, 9.17) is 0 Å². The molecule has 2 N–H and O–H groups in total. The highest BCUT2D eigenvalue weighted by Crippen LogP contribution is 2.17. The van der Waals surface area contributed by atoms with E-state index in [2.05, 4.69) is 5.32 Å². The van der Waals surface area contributed by atoms with Gasteiger partial charge in [0.1, 0.15) is 5.75 Å². The molecule has 102 valence electrons. The van der Waals surface area contributed by atoms with Gasteiger partial charge in [-0.2, -0.15) is 0 Å². The van der Waals surface area contributed by atoms with Crippen LogP contribution in [0.4, 0.5) is 0 Å². The summed E-state index contributed by atoms with van der Waals surface area (Å²) in [6.07, 6.45) is 0. The first-order valence-electron chi connectivity index (χ1n) is 5.72. The van der Waals surface area contributed by atoms with Crippen LogP contribution in [-0.4, -0.2) is 44.2 Å². The second-order valence-electron chi connectivity index (χ2n) is 4.41. The summed E-state index contributed by atoms with van der Waals surface area (Å²) < 4.78 is 24.2. The molecule has 0 aromatic heterocycles. The van der Waals surface area contributed by atoms with E-state index in [1.807, 2.05) is 19.1 Å². The van der Waals surface area contributed by atoms with E-state index in [0.29, 0.717) is 13.1 Å². The molecule has 1 aromatic carbocycles. The summed E-state index contributed by atoms with van der Waals surface area (Å²) >= 11 is 0. The fourth-order valence-electron chi connectivity index (χ4n) is 1.46. The Morgan fingerprint density at radius 1 is 1.33 bits per heavy atom. The van der Waals surface area contributed by atoms with Gasteiger partial charge in [0.15, 0.2) is 0 Å². The van der Waals surface area contributed by atoms with E-state index in [-0.39, 0.29) is 11.5 Å². The Hall–Kier alpha value is -1.11. The van der Waals surface area contributed by atoms with E-state index in [1.54, 1.807) is 6.07 Å². The van der Waals surface area contributed by atoms with Crippen molar-refractivity contribution in [2.75, 3.05) is 26.4 Å². The number of benzene rings is 1. The van der Waals surface area contributed by atoms with E-state index < -0.39 is 10.0 Å². The lowest BCUT2D eigenvalue weighted by atomic mass is 10.1. The molecule has 0 aliphatic heterocycles. The van der Waals surface area contributed by atoms with Crippen LogP contribution in [0.1, 0.15) is 11.1 Å². The fourth-order valence-corrected chi connectivity index (χ4v) is 2.23. The normalized spacial score (nSPS) is 12.0. The van der Waals surface area contributed by atoms with Crippen LogP contribution in [0.2, 0.25) is 0 Å². The molecule has 0 radical (unpaired) electrons. The molecule has 1 aromatic rings. The van der Waals surface area contributed by atoms with Gasteiger partial charge in [-0.1, -0.05) is 17.7 Å². The molecule has 0 atom stereocenters. The van der Waals surface area contributed by atoms with Crippen molar-refractivity contribution >= 4 is 10.0 Å². The molecule has 18 heavy (non-hydrogen) atoms. The van der Waals surface area contributed by atoms with Crippen molar-refractivity contribution in [3.05, 3.63) is 29.3 Å². The maximum Gasteiger partial charge on any atom is 0.214 e. The second kappa shape index (κ2) is 6.17. The van der Waals surface area contributed by atoms with Crippen molar-refractivity contribution in [2.24, 2.45) is 0 Å². The third-order valence-electron chi connectivity index (χ3n) is 2.64. The SMILES string of the molecule is Cc1ccc(O)c(CNCCS(=O)(=O)N(C)C)c1. The van der Waals surface area contributed by atoms with Gasteiger partial charge in [-0.05, 0) is 13.0 Å². The molecule has 6 heteroatoms. The first-order chi connectivity index (χ1) is 8.33. The summed E-state index contributed by atoms with van der Waals surface area (Å²) in [5, 5.41) is 12.6. The summed E-state index contributed by atoms with van der Waals surface area (Å²) in [5.41, 5.74) is 1.84. The predicted molar refractivity (Wildman–Crippen MR) is 72.0 cm³/mol. The molecule has 0 aliphatic rings. The number of hydrogen-bond donors (Lipinski definition) is 2. The van der Waals surface area contributed by atoms with Gasteiger partial charge in [-0.15, -0.1) is 0 Å². The number of rotatable bonds is 6. The molecule has 0 spiro atoms. The molecule has 0 unspecified atom stereocenters. The molecule has 0 aliphatic carbocycles. The predicted octanol–water partition coefficient (Wildman–Crippen LogP) is 0.682. The van der Waals surface area contributed by atoms with Gasteiger partial charge in [0.2, 0.25) is 10.0 Å². The third-order valence-corrected chi connectivity index (χ3v) is 4.48. The highest BCUT2D eigenvalue weighted by atomic mass is 32.2. The standard InChI is InChI=1S/C12H20N2O3S/c1-10-4-5-12(15)11(8-10)9-13-6-7-18(16,17)14(2)3/h4-5,8,13,15H,6-7,9H2,1-3H3. The Labute approximate surface area is 108 Å². The van der Waals surface area contributed by atoms with E-state index >= 15 is 0 Å². The lowest BCUT2D eigenvalue weighted by Gasteiger charge is -2.12. The number of nitrogens with one attached hydrogen (secondary N) is 1. The van der Waals surface area contributed by atoms with Crippen LogP contribution in [-0.2, 0) is 16.6 Å². The maximum atomic E-state index is 11.5. The van der Waals surface area contributed by atoms with Gasteiger partial charge in [0, 0.05) is 32.7 Å². The van der Waals surface area contributed by atoms with Crippen LogP contribution in [0, 0.1) is 6.92 Å². The van der Waals surface area contributed by atoms with Gasteiger partial charge in [0.05, 0.1) is 5.75 Å². The lowest BCUT2D eigenvalue weighted by molar-refractivity contribution is 0.464. The first-order valence-corrected chi connectivity index (χ1v) is 7.33. The Morgan fingerprint density at radius 2 is 2.00 bits per heavy atom. The minimum Gasteiger partial charge on any atom is -0.508 e. The van der Waals surface area contributed by atoms with Crippen LogP contribution in [0.25, 0.3) is 0 Å². The number of phenolic OH excluding ortho intramolecular Hbond substituents is 1. The van der Waals surface area contributed by atoms with Crippen molar-refractivity contribution in [3.63, 3.8) is 0 Å². The van der Waals surface area contributed by atoms with Gasteiger partial charge >= 0.3 is 0 Å². The van der Waals surface area contributed by atoms with Crippen LogP contribution in [0.5, 0.6) is 5.75 Å². The molecule has 0 saturated heterocycles. The molecular weight excluding hydrogens is 252 g/mol. The number of sulfonamides is 1. The summed E-state index contributed by atoms with van der Waals surface area (Å²) in [7, 11) is -0.131. The smallest absolute Gasteiger partial charge is 0.214 e. The van der Waals surface area contributed by atoms with E-state index in [9.17, 15) is 13.5 Å². The van der Waals surface area contributed by atoms with Gasteiger partial charge < -0.3 is 10.4 Å². The topological polar surface area (TPSA) is 69.6 Å². The van der Waals surface area contributed by atoms with Crippen LogP contribution in [0.15, 0.2) is 18.2 Å². The number of phenols is 1. The van der Waals surface area contributed by atoms with Crippen LogP contribution < -0.4 is 5.32 Å². The number of nitrogens with zero attached hydrogens (tertiary/aromatic N) is 1. The van der Waals surface area contributed by atoms with Crippen LogP contribution in [0.3, 0.4) is 0 Å². The zero-order chi connectivity index (χ0) is 13.8. The number of hydrogen-bond acceptors (Lipinski definition) is 4. The zero-order valence-electron chi connectivity index (χ0n) is 11.0. The number of aryl methyl sites for hydroxylation is 1. The molecule has 0 bridgehead atoms. The molecule has 0 amide bonds. The minimum atomic E-state index is -3.16. The fraction of sp³-hybridized carbons (Fsp3) is 0.500. The third kappa shape index (κ3) is 4.29. The monoisotopic (exact) mass is 272 g/mol. The van der Waals surface area contributed by atoms with Crippen molar-refractivity contribution in [1.29, 1.82) is 0 Å². The molecule has 0 fully saturated rings. The van der Waals surface area contributed by atoms with E-state index in [0.717, 1.165) is 11.1 Å². The maximum absolute atomic E-state index is 11.5. The van der Waals surface area contributed by atoms with Crippen molar-refractivity contribution in [3.8, 4) is 5.75 Å². The molecule has 0 heterocycles. The van der Waals surface area contributed by atoms with Gasteiger partial charge in [-0.3, -0.25) is 0 Å². The van der Waals surface area contributed by atoms with Gasteiger partial charge in [0.25, 0.3) is 0 Å². The lowest BCUT2D eigenvalue weighted by Crippen LogP contribution is -2.31. The second-order valence-corrected chi connectivity index (χ2v) is 6.71. The highest BCUT2D eigenvalue weighted by Gasteiger charge is 2.12. The quantitative estimate of drug-likeness (QED) is 0.747. The molecule has 5 nitrogen and oxygen atoms in total. The Morgan fingerprint density at radius 3 is 2.61 bits per heavy atom. The van der Waals surface area contributed by atoms with Gasteiger partial charge in [-0.25, -0.2) is 12.7 Å². The summed E-state index contributed by atoms with van der Waals surface area (Å²) in [5.74, 6) is 0.274. The van der Waals surface area contributed by atoms with E-state index in [1.165, 1.54) is 18.4 Å². The largest absolute Gasteiger partial charge is 0.508 e. The Balaban J connectivity index is 2.46. The molecule has 0 saturated carbocycles. The summed E-state index contributed by atoms with van der Waals surface area (Å²) in [6, 6.07) is 5.35. The highest BCUT2D eigenvalue weighted by molar-refractivity contribution is 7.89. The van der Waals surface area contributed by atoms with Crippen LogP contribution >= 0.6 is 0 Å². The first kappa shape index (κ1) is 14.9. The van der Waals surface area contributed by atoms with Crippen molar-refractivity contribution in [2.45, 2.75) is 13.5 Å². The Kier molecular flexibility index (Phi) is 5.13. The summed E-state index contributed by atoms with van der Waals surface area (Å²) in [4.78, 5) is 0. The molecular formula is C12H20N2O3S. The zero-order valence-corrected chi connectivity index (χ0v) is 11.8. The number of aromatic hydroxyl groups is 1. The minimum absolute atomic E-state index is 0.0482. The van der Waals surface area contributed by atoms with Crippen molar-refractivity contribution in [1.82, 2.24) is 9.62 Å². The molecule has 1 rings (SSSR count). The van der Waals surface area contributed by atoms with Crippen molar-refractivity contribution < 1.29 is 13.5 Å².